The van der Waals surface area contributed by atoms with Crippen molar-refractivity contribution in [2.75, 3.05) is 6.54 Å². The molecule has 1 aromatic rings. The highest BCUT2D eigenvalue weighted by Gasteiger charge is 2.16. The van der Waals surface area contributed by atoms with Crippen molar-refractivity contribution in [3.8, 4) is 0 Å². The lowest BCUT2D eigenvalue weighted by Crippen LogP contribution is -2.22. The summed E-state index contributed by atoms with van der Waals surface area (Å²) in [6.07, 6.45) is 9.92. The predicted octanol–water partition coefficient (Wildman–Crippen LogP) is 6.27. The first-order valence-electron chi connectivity index (χ1n) is 8.38. The van der Waals surface area contributed by atoms with E-state index in [2.05, 4.69) is 19.2 Å². The van der Waals surface area contributed by atoms with Gasteiger partial charge in [-0.1, -0.05) is 82.5 Å². The Kier molecular flexibility index (Phi) is 9.69. The lowest BCUT2D eigenvalue weighted by molar-refractivity contribution is 0.457. The summed E-state index contributed by atoms with van der Waals surface area (Å²) in [6, 6.07) is 5.35. The minimum Gasteiger partial charge on any atom is -0.310 e. The van der Waals surface area contributed by atoms with Crippen LogP contribution in [0.3, 0.4) is 0 Å². The fourth-order valence-electron chi connectivity index (χ4n) is 2.71. The summed E-state index contributed by atoms with van der Waals surface area (Å²) in [5.74, 6) is -0.270. The molecule has 1 rings (SSSR count). The zero-order chi connectivity index (χ0) is 15.5. The molecular weight excluding hydrogens is 285 g/mol. The van der Waals surface area contributed by atoms with Crippen LogP contribution in [-0.2, 0) is 0 Å². The molecule has 0 bridgehead atoms. The van der Waals surface area contributed by atoms with Crippen molar-refractivity contribution in [1.29, 1.82) is 0 Å². The normalized spacial score (nSPS) is 12.6. The Bertz CT molecular complexity index is 395. The highest BCUT2D eigenvalue weighted by molar-refractivity contribution is 6.30. The molecule has 21 heavy (non-hydrogen) atoms. The van der Waals surface area contributed by atoms with Crippen molar-refractivity contribution in [2.45, 2.75) is 71.3 Å². The van der Waals surface area contributed by atoms with E-state index in [0.717, 1.165) is 19.4 Å². The zero-order valence-corrected chi connectivity index (χ0v) is 14.2. The molecule has 0 aromatic heterocycles. The van der Waals surface area contributed by atoms with Gasteiger partial charge in [0.1, 0.15) is 5.82 Å². The summed E-state index contributed by atoms with van der Waals surface area (Å²) in [5, 5.41) is 3.60. The maximum Gasteiger partial charge on any atom is 0.146 e. The quantitative estimate of drug-likeness (QED) is 0.475. The predicted molar refractivity (Wildman–Crippen MR) is 90.4 cm³/mol. The Morgan fingerprint density at radius 2 is 1.71 bits per heavy atom. The largest absolute Gasteiger partial charge is 0.310 e. The number of hydrogen-bond acceptors (Lipinski definition) is 1. The van der Waals surface area contributed by atoms with E-state index >= 15 is 0 Å². The highest BCUT2D eigenvalue weighted by atomic mass is 35.5. The number of rotatable bonds is 11. The molecule has 3 heteroatoms. The Balaban J connectivity index is 2.41. The van der Waals surface area contributed by atoms with Crippen LogP contribution in [0.2, 0.25) is 5.02 Å². The summed E-state index contributed by atoms with van der Waals surface area (Å²) in [7, 11) is 0. The second kappa shape index (κ2) is 11.0. The number of unbranched alkanes of at least 4 members (excludes halogenated alkanes) is 6. The van der Waals surface area contributed by atoms with E-state index in [1.807, 2.05) is 12.1 Å². The molecule has 0 heterocycles. The first-order chi connectivity index (χ1) is 10.2. The molecule has 0 spiro atoms. The molecule has 0 saturated carbocycles. The fourth-order valence-corrected chi connectivity index (χ4v) is 2.89. The van der Waals surface area contributed by atoms with Crippen LogP contribution in [0.15, 0.2) is 18.2 Å². The molecule has 1 nitrogen and oxygen atoms in total. The average Bonchev–Trinajstić information content (AvgIpc) is 2.48. The van der Waals surface area contributed by atoms with Crippen LogP contribution in [-0.4, -0.2) is 6.54 Å². The summed E-state index contributed by atoms with van der Waals surface area (Å²) in [6.45, 7) is 5.13. The Morgan fingerprint density at radius 1 is 1.05 bits per heavy atom. The van der Waals surface area contributed by atoms with Crippen molar-refractivity contribution in [3.63, 3.8) is 0 Å². The highest BCUT2D eigenvalue weighted by Crippen LogP contribution is 2.27. The van der Waals surface area contributed by atoms with Gasteiger partial charge in [-0.05, 0) is 19.0 Å². The molecule has 120 valence electrons. The van der Waals surface area contributed by atoms with E-state index in [0.29, 0.717) is 5.56 Å². The third-order valence-electron chi connectivity index (χ3n) is 3.90. The van der Waals surface area contributed by atoms with Crippen LogP contribution in [0, 0.1) is 5.82 Å². The molecule has 0 aliphatic heterocycles. The third-order valence-corrected chi connectivity index (χ3v) is 4.20. The molecule has 0 aliphatic rings. The van der Waals surface area contributed by atoms with Gasteiger partial charge in [-0.2, -0.15) is 0 Å². The minimum atomic E-state index is -0.270. The van der Waals surface area contributed by atoms with E-state index in [1.165, 1.54) is 38.5 Å². The van der Waals surface area contributed by atoms with E-state index in [9.17, 15) is 4.39 Å². The fraction of sp³-hybridized carbons (Fsp3) is 0.667. The first kappa shape index (κ1) is 18.4. The molecule has 0 amide bonds. The number of hydrogen-bond donors (Lipinski definition) is 1. The first-order valence-corrected chi connectivity index (χ1v) is 8.75. The van der Waals surface area contributed by atoms with Crippen LogP contribution in [0.5, 0.6) is 0 Å². The van der Waals surface area contributed by atoms with Crippen molar-refractivity contribution < 1.29 is 4.39 Å². The molecule has 1 N–H and O–H groups in total. The van der Waals surface area contributed by atoms with E-state index in [4.69, 9.17) is 11.6 Å². The van der Waals surface area contributed by atoms with Crippen molar-refractivity contribution in [2.24, 2.45) is 0 Å². The topological polar surface area (TPSA) is 12.0 Å². The molecule has 0 radical (unpaired) electrons. The monoisotopic (exact) mass is 313 g/mol. The van der Waals surface area contributed by atoms with Gasteiger partial charge in [0.25, 0.3) is 0 Å². The standard InChI is InChI=1S/C18H29ClFN/c1-3-5-6-7-8-9-10-14-17(21-4-2)15-12-11-13-16(19)18(15)20/h11-13,17,21H,3-10,14H2,1-2H3. The lowest BCUT2D eigenvalue weighted by Gasteiger charge is -2.19. The van der Waals surface area contributed by atoms with Gasteiger partial charge in [-0.3, -0.25) is 0 Å². The summed E-state index contributed by atoms with van der Waals surface area (Å²) in [4.78, 5) is 0. The van der Waals surface area contributed by atoms with Gasteiger partial charge in [0.05, 0.1) is 5.02 Å². The molecule has 0 fully saturated rings. The molecule has 1 atom stereocenters. The summed E-state index contributed by atoms with van der Waals surface area (Å²) in [5.41, 5.74) is 0.704. The minimum absolute atomic E-state index is 0.0735. The van der Waals surface area contributed by atoms with Gasteiger partial charge in [0, 0.05) is 11.6 Å². The van der Waals surface area contributed by atoms with Gasteiger partial charge in [-0.25, -0.2) is 4.39 Å². The molecular formula is C18H29ClFN. The van der Waals surface area contributed by atoms with Crippen LogP contribution in [0.1, 0.15) is 76.8 Å². The third kappa shape index (κ3) is 6.80. The van der Waals surface area contributed by atoms with Gasteiger partial charge in [0.2, 0.25) is 0 Å². The Labute approximate surface area is 134 Å². The number of halogens is 2. The Hall–Kier alpha value is -0.600. The molecule has 1 aromatic carbocycles. The second-order valence-corrected chi connectivity index (χ2v) is 6.07. The SMILES string of the molecule is CCCCCCCCCC(NCC)c1cccc(Cl)c1F. The van der Waals surface area contributed by atoms with Gasteiger partial charge in [-0.15, -0.1) is 0 Å². The summed E-state index contributed by atoms with van der Waals surface area (Å²) < 4.78 is 14.1. The number of nitrogens with one attached hydrogen (secondary N) is 1. The summed E-state index contributed by atoms with van der Waals surface area (Å²) >= 11 is 5.89. The average molecular weight is 314 g/mol. The van der Waals surface area contributed by atoms with Crippen LogP contribution in [0.25, 0.3) is 0 Å². The van der Waals surface area contributed by atoms with E-state index < -0.39 is 0 Å². The smallest absolute Gasteiger partial charge is 0.146 e. The van der Waals surface area contributed by atoms with Crippen molar-refractivity contribution in [3.05, 3.63) is 34.6 Å². The van der Waals surface area contributed by atoms with Crippen LogP contribution < -0.4 is 5.32 Å². The van der Waals surface area contributed by atoms with Gasteiger partial charge in [0.15, 0.2) is 0 Å². The van der Waals surface area contributed by atoms with Crippen LogP contribution >= 0.6 is 11.6 Å². The van der Waals surface area contributed by atoms with E-state index in [1.54, 1.807) is 6.07 Å². The van der Waals surface area contributed by atoms with Crippen molar-refractivity contribution in [1.82, 2.24) is 5.32 Å². The van der Waals surface area contributed by atoms with Gasteiger partial charge < -0.3 is 5.32 Å². The van der Waals surface area contributed by atoms with E-state index in [-0.39, 0.29) is 16.9 Å². The van der Waals surface area contributed by atoms with Crippen LogP contribution in [0.4, 0.5) is 4.39 Å². The molecule has 0 aliphatic carbocycles. The lowest BCUT2D eigenvalue weighted by atomic mass is 9.99. The Morgan fingerprint density at radius 3 is 2.38 bits per heavy atom. The maximum absolute atomic E-state index is 14.1. The second-order valence-electron chi connectivity index (χ2n) is 5.66. The van der Waals surface area contributed by atoms with Crippen molar-refractivity contribution >= 4 is 11.6 Å². The van der Waals surface area contributed by atoms with Gasteiger partial charge >= 0.3 is 0 Å². The zero-order valence-electron chi connectivity index (χ0n) is 13.4. The molecule has 1 unspecified atom stereocenters. The number of benzene rings is 1. The maximum atomic E-state index is 14.1. The molecule has 0 saturated heterocycles.